The molecule has 0 spiro atoms. The van der Waals surface area contributed by atoms with Gasteiger partial charge in [0.2, 0.25) is 0 Å². The summed E-state index contributed by atoms with van der Waals surface area (Å²) >= 11 is 0. The van der Waals surface area contributed by atoms with Crippen LogP contribution in [0.1, 0.15) is 13.3 Å². The van der Waals surface area contributed by atoms with Gasteiger partial charge >= 0.3 is 0 Å². The van der Waals surface area contributed by atoms with Gasteiger partial charge in [-0.25, -0.2) is 0 Å². The standard InChI is InChI=1S/C11H16N2O/c1-8-6-7-13(2)10-5-3-4-9(12)11(10)14-8/h3-5,8H,6-7,12H2,1-2H3. The Morgan fingerprint density at radius 1 is 1.50 bits per heavy atom. The lowest BCUT2D eigenvalue weighted by Gasteiger charge is -2.18. The van der Waals surface area contributed by atoms with Gasteiger partial charge in [-0.05, 0) is 19.1 Å². The Bertz CT molecular complexity index is 338. The Hall–Kier alpha value is -1.38. The van der Waals surface area contributed by atoms with E-state index in [4.69, 9.17) is 10.5 Å². The normalized spacial score (nSPS) is 21.0. The summed E-state index contributed by atoms with van der Waals surface area (Å²) in [5, 5.41) is 0. The molecule has 0 fully saturated rings. The summed E-state index contributed by atoms with van der Waals surface area (Å²) in [6.07, 6.45) is 1.27. The lowest BCUT2D eigenvalue weighted by atomic mass is 10.2. The zero-order chi connectivity index (χ0) is 10.1. The first kappa shape index (κ1) is 9.19. The Morgan fingerprint density at radius 3 is 3.07 bits per heavy atom. The number of benzene rings is 1. The summed E-state index contributed by atoms with van der Waals surface area (Å²) in [4.78, 5) is 2.19. The number of ether oxygens (including phenoxy) is 1. The lowest BCUT2D eigenvalue weighted by Crippen LogP contribution is -2.19. The van der Waals surface area contributed by atoms with Gasteiger partial charge in [0.15, 0.2) is 5.75 Å². The van der Waals surface area contributed by atoms with Gasteiger partial charge in [-0.2, -0.15) is 0 Å². The van der Waals surface area contributed by atoms with Crippen LogP contribution >= 0.6 is 0 Å². The molecule has 3 nitrogen and oxygen atoms in total. The first-order valence-electron chi connectivity index (χ1n) is 4.95. The fraction of sp³-hybridized carbons (Fsp3) is 0.455. The number of hydrogen-bond acceptors (Lipinski definition) is 3. The minimum atomic E-state index is 0.239. The van der Waals surface area contributed by atoms with Crippen LogP contribution in [0.15, 0.2) is 18.2 Å². The number of rotatable bonds is 0. The van der Waals surface area contributed by atoms with Crippen molar-refractivity contribution in [2.75, 3.05) is 24.2 Å². The third-order valence-electron chi connectivity index (χ3n) is 2.63. The zero-order valence-electron chi connectivity index (χ0n) is 8.66. The molecular weight excluding hydrogens is 176 g/mol. The Kier molecular flexibility index (Phi) is 2.23. The maximum absolute atomic E-state index is 5.88. The largest absolute Gasteiger partial charge is 0.486 e. The summed E-state index contributed by atoms with van der Waals surface area (Å²) < 4.78 is 5.79. The average Bonchev–Trinajstić information content (AvgIpc) is 2.30. The van der Waals surface area contributed by atoms with E-state index in [-0.39, 0.29) is 6.10 Å². The third kappa shape index (κ3) is 1.50. The smallest absolute Gasteiger partial charge is 0.165 e. The van der Waals surface area contributed by atoms with E-state index in [1.54, 1.807) is 0 Å². The van der Waals surface area contributed by atoms with Crippen molar-refractivity contribution < 1.29 is 4.74 Å². The predicted octanol–water partition coefficient (Wildman–Crippen LogP) is 1.88. The van der Waals surface area contributed by atoms with Crippen molar-refractivity contribution >= 4 is 11.4 Å². The van der Waals surface area contributed by atoms with Crippen molar-refractivity contribution in [3.05, 3.63) is 18.2 Å². The number of para-hydroxylation sites is 1. The van der Waals surface area contributed by atoms with Crippen molar-refractivity contribution in [3.8, 4) is 5.75 Å². The number of anilines is 2. The first-order valence-corrected chi connectivity index (χ1v) is 4.95. The summed E-state index contributed by atoms with van der Waals surface area (Å²) in [6, 6.07) is 5.89. The van der Waals surface area contributed by atoms with Crippen LogP contribution in [-0.2, 0) is 0 Å². The highest BCUT2D eigenvalue weighted by Crippen LogP contribution is 2.36. The maximum Gasteiger partial charge on any atom is 0.165 e. The van der Waals surface area contributed by atoms with E-state index in [1.807, 2.05) is 18.2 Å². The minimum Gasteiger partial charge on any atom is -0.486 e. The molecule has 14 heavy (non-hydrogen) atoms. The quantitative estimate of drug-likeness (QED) is 0.638. The third-order valence-corrected chi connectivity index (χ3v) is 2.63. The van der Waals surface area contributed by atoms with Gasteiger partial charge in [0.1, 0.15) is 0 Å². The molecule has 1 heterocycles. The summed E-state index contributed by atoms with van der Waals surface area (Å²) in [5.74, 6) is 0.833. The van der Waals surface area contributed by atoms with Crippen molar-refractivity contribution in [2.24, 2.45) is 0 Å². The maximum atomic E-state index is 5.88. The number of nitrogens with two attached hydrogens (primary N) is 1. The molecule has 1 atom stereocenters. The van der Waals surface area contributed by atoms with Crippen LogP contribution in [0.25, 0.3) is 0 Å². The SMILES string of the molecule is CC1CCN(C)c2cccc(N)c2O1. The molecule has 76 valence electrons. The van der Waals surface area contributed by atoms with E-state index >= 15 is 0 Å². The van der Waals surface area contributed by atoms with Crippen LogP contribution in [0.5, 0.6) is 5.75 Å². The second-order valence-corrected chi connectivity index (χ2v) is 3.83. The van der Waals surface area contributed by atoms with Gasteiger partial charge in [0.05, 0.1) is 17.5 Å². The van der Waals surface area contributed by atoms with Crippen molar-refractivity contribution in [3.63, 3.8) is 0 Å². The molecule has 0 saturated carbocycles. The molecule has 2 rings (SSSR count). The molecule has 0 aromatic heterocycles. The van der Waals surface area contributed by atoms with Gasteiger partial charge in [-0.3, -0.25) is 0 Å². The highest BCUT2D eigenvalue weighted by Gasteiger charge is 2.18. The molecule has 0 aliphatic carbocycles. The number of nitrogens with zero attached hydrogens (tertiary/aromatic N) is 1. The van der Waals surface area contributed by atoms with Crippen LogP contribution in [0.4, 0.5) is 11.4 Å². The van der Waals surface area contributed by atoms with Crippen molar-refractivity contribution in [1.82, 2.24) is 0 Å². The number of fused-ring (bicyclic) bond motifs is 1. The monoisotopic (exact) mass is 192 g/mol. The molecular formula is C11H16N2O. The topological polar surface area (TPSA) is 38.5 Å². The van der Waals surface area contributed by atoms with E-state index in [1.165, 1.54) is 0 Å². The fourth-order valence-corrected chi connectivity index (χ4v) is 1.73. The van der Waals surface area contributed by atoms with E-state index in [0.29, 0.717) is 0 Å². The van der Waals surface area contributed by atoms with E-state index < -0.39 is 0 Å². The molecule has 1 unspecified atom stereocenters. The lowest BCUT2D eigenvalue weighted by molar-refractivity contribution is 0.222. The second-order valence-electron chi connectivity index (χ2n) is 3.83. The molecule has 1 aromatic rings. The Labute approximate surface area is 84.5 Å². The van der Waals surface area contributed by atoms with E-state index in [9.17, 15) is 0 Å². The van der Waals surface area contributed by atoms with Crippen LogP contribution in [0.2, 0.25) is 0 Å². The summed E-state index contributed by atoms with van der Waals surface area (Å²) in [7, 11) is 2.07. The van der Waals surface area contributed by atoms with E-state index in [0.717, 1.165) is 30.1 Å². The van der Waals surface area contributed by atoms with Gasteiger partial charge < -0.3 is 15.4 Å². The van der Waals surface area contributed by atoms with Gasteiger partial charge in [-0.1, -0.05) is 6.07 Å². The van der Waals surface area contributed by atoms with Crippen LogP contribution in [-0.4, -0.2) is 19.7 Å². The number of nitrogen functional groups attached to an aromatic ring is 1. The average molecular weight is 192 g/mol. The highest BCUT2D eigenvalue weighted by atomic mass is 16.5. The van der Waals surface area contributed by atoms with E-state index in [2.05, 4.69) is 18.9 Å². The first-order chi connectivity index (χ1) is 6.68. The zero-order valence-corrected chi connectivity index (χ0v) is 8.66. The van der Waals surface area contributed by atoms with Gasteiger partial charge in [-0.15, -0.1) is 0 Å². The molecule has 2 N–H and O–H groups in total. The molecule has 0 bridgehead atoms. The molecule has 1 aliphatic rings. The van der Waals surface area contributed by atoms with Crippen LogP contribution < -0.4 is 15.4 Å². The van der Waals surface area contributed by atoms with Gasteiger partial charge in [0, 0.05) is 20.0 Å². The van der Waals surface area contributed by atoms with Crippen LogP contribution in [0, 0.1) is 0 Å². The molecule has 0 saturated heterocycles. The summed E-state index contributed by atoms with van der Waals surface area (Å²) in [5.41, 5.74) is 7.70. The minimum absolute atomic E-state index is 0.239. The molecule has 1 aliphatic heterocycles. The number of hydrogen-bond donors (Lipinski definition) is 1. The van der Waals surface area contributed by atoms with Gasteiger partial charge in [0.25, 0.3) is 0 Å². The Morgan fingerprint density at radius 2 is 2.29 bits per heavy atom. The molecule has 1 aromatic carbocycles. The highest BCUT2D eigenvalue weighted by molar-refractivity contribution is 5.70. The van der Waals surface area contributed by atoms with Crippen LogP contribution in [0.3, 0.4) is 0 Å². The van der Waals surface area contributed by atoms with Crippen molar-refractivity contribution in [2.45, 2.75) is 19.4 Å². The molecule has 0 amide bonds. The predicted molar refractivity (Wildman–Crippen MR) is 58.8 cm³/mol. The van der Waals surface area contributed by atoms with Crippen molar-refractivity contribution in [1.29, 1.82) is 0 Å². The fourth-order valence-electron chi connectivity index (χ4n) is 1.73. The molecule has 3 heteroatoms. The second kappa shape index (κ2) is 3.40. The Balaban J connectivity index is 2.46. The summed E-state index contributed by atoms with van der Waals surface area (Å²) in [6.45, 7) is 3.09. The molecule has 0 radical (unpaired) electrons.